The van der Waals surface area contributed by atoms with Crippen molar-refractivity contribution in [1.29, 1.82) is 0 Å². The zero-order valence-electron chi connectivity index (χ0n) is 17.9. The number of carboxylic acid groups (broad SMARTS) is 1. The molecule has 4 saturated carbocycles. The van der Waals surface area contributed by atoms with Crippen molar-refractivity contribution in [2.75, 3.05) is 0 Å². The monoisotopic (exact) mass is 391 g/mol. The number of aliphatic carboxylic acids is 1. The predicted molar refractivity (Wildman–Crippen MR) is 106 cm³/mol. The molecule has 4 rings (SSSR count). The summed E-state index contributed by atoms with van der Waals surface area (Å²) >= 11 is 0. The van der Waals surface area contributed by atoms with Gasteiger partial charge < -0.3 is 20.1 Å². The van der Waals surface area contributed by atoms with Crippen molar-refractivity contribution in [1.82, 2.24) is 0 Å². The molecule has 0 aromatic heterocycles. The fourth-order valence-electron chi connectivity index (χ4n) is 8.80. The summed E-state index contributed by atoms with van der Waals surface area (Å²) in [5.41, 5.74) is 0.450. The highest BCUT2D eigenvalue weighted by Gasteiger charge is 2.62. The predicted octanol–water partition coefficient (Wildman–Crippen LogP) is 3.14. The van der Waals surface area contributed by atoms with Gasteiger partial charge in [-0.05, 0) is 111 Å². The van der Waals surface area contributed by atoms with Gasteiger partial charge in [0.15, 0.2) is 0 Å². The molecule has 0 amide bonds. The Balaban J connectivity index is 1.55. The van der Waals surface area contributed by atoms with E-state index in [2.05, 4.69) is 20.8 Å². The Labute approximate surface area is 170 Å². The average molecular weight is 392 g/mol. The van der Waals surface area contributed by atoms with Crippen molar-refractivity contribution in [3.8, 4) is 0 Å². The first-order chi connectivity index (χ1) is 13.2. The van der Waals surface area contributed by atoms with Crippen molar-refractivity contribution in [3.63, 3.8) is 0 Å². The third kappa shape index (κ3) is 3.14. The number of fused-ring (bicyclic) bond motifs is 5. The zero-order valence-corrected chi connectivity index (χ0v) is 17.9. The lowest BCUT2D eigenvalue weighted by molar-refractivity contribution is -0.306. The topological polar surface area (TPSA) is 80.6 Å². The smallest absolute Gasteiger partial charge is 0.0577 e. The summed E-state index contributed by atoms with van der Waals surface area (Å²) in [5.74, 6) is 2.25. The minimum atomic E-state index is -0.927. The van der Waals surface area contributed by atoms with Crippen LogP contribution >= 0.6 is 0 Å². The SMILES string of the molecule is C[C@H](CCC(=O)[O-])[C@H]1CC[C@H]2[C@@H]3C[C@H](O)[C@@H]4C[C@@H](O)CC[C@]4(C)[C@H]3CC[C@]12C. The van der Waals surface area contributed by atoms with Gasteiger partial charge in [-0.3, -0.25) is 0 Å². The Morgan fingerprint density at radius 3 is 2.39 bits per heavy atom. The van der Waals surface area contributed by atoms with Crippen LogP contribution in [0.2, 0.25) is 0 Å². The second-order valence-electron chi connectivity index (χ2n) is 11.3. The van der Waals surface area contributed by atoms with Gasteiger partial charge >= 0.3 is 0 Å². The summed E-state index contributed by atoms with van der Waals surface area (Å²) in [7, 11) is 0. The summed E-state index contributed by atoms with van der Waals surface area (Å²) in [6.07, 6.45) is 8.88. The molecule has 2 N–H and O–H groups in total. The summed E-state index contributed by atoms with van der Waals surface area (Å²) in [4.78, 5) is 10.9. The van der Waals surface area contributed by atoms with E-state index in [9.17, 15) is 20.1 Å². The number of carbonyl (C=O) groups is 1. The fourth-order valence-corrected chi connectivity index (χ4v) is 8.80. The number of aliphatic hydroxyl groups excluding tert-OH is 2. The molecule has 4 fully saturated rings. The van der Waals surface area contributed by atoms with Crippen molar-refractivity contribution in [3.05, 3.63) is 0 Å². The molecule has 0 spiro atoms. The van der Waals surface area contributed by atoms with Crippen LogP contribution in [0.3, 0.4) is 0 Å². The highest BCUT2D eigenvalue weighted by Crippen LogP contribution is 2.68. The lowest BCUT2D eigenvalue weighted by atomic mass is 9.44. The molecule has 0 heterocycles. The molecule has 4 aliphatic rings. The number of carbonyl (C=O) groups excluding carboxylic acids is 1. The summed E-state index contributed by atoms with van der Waals surface area (Å²) in [6.45, 7) is 7.11. The quantitative estimate of drug-likeness (QED) is 0.771. The van der Waals surface area contributed by atoms with Gasteiger partial charge in [-0.15, -0.1) is 0 Å². The van der Waals surface area contributed by atoms with Crippen LogP contribution in [-0.2, 0) is 4.79 Å². The van der Waals surface area contributed by atoms with Crippen LogP contribution in [0.15, 0.2) is 0 Å². The second kappa shape index (κ2) is 7.27. The van der Waals surface area contributed by atoms with Gasteiger partial charge in [0.1, 0.15) is 0 Å². The van der Waals surface area contributed by atoms with Gasteiger partial charge in [0.05, 0.1) is 12.2 Å². The molecule has 4 nitrogen and oxygen atoms in total. The van der Waals surface area contributed by atoms with Crippen molar-refractivity contribution >= 4 is 5.97 Å². The summed E-state index contributed by atoms with van der Waals surface area (Å²) in [6, 6.07) is 0. The van der Waals surface area contributed by atoms with Gasteiger partial charge in [-0.1, -0.05) is 20.8 Å². The second-order valence-corrected chi connectivity index (χ2v) is 11.3. The van der Waals surface area contributed by atoms with Gasteiger partial charge in [-0.2, -0.15) is 0 Å². The van der Waals surface area contributed by atoms with Crippen molar-refractivity contribution in [2.45, 2.75) is 97.2 Å². The Kier molecular flexibility index (Phi) is 5.36. The van der Waals surface area contributed by atoms with Gasteiger partial charge in [-0.25, -0.2) is 0 Å². The highest BCUT2D eigenvalue weighted by molar-refractivity contribution is 5.64. The number of hydrogen-bond donors (Lipinski definition) is 2. The Bertz CT molecular complexity index is 605. The van der Waals surface area contributed by atoms with Crippen LogP contribution in [-0.4, -0.2) is 28.4 Å². The van der Waals surface area contributed by atoms with Crippen molar-refractivity contribution in [2.24, 2.45) is 46.3 Å². The first kappa shape index (κ1) is 20.7. The molecule has 4 aliphatic carbocycles. The van der Waals surface area contributed by atoms with Gasteiger partial charge in [0.2, 0.25) is 0 Å². The van der Waals surface area contributed by atoms with Crippen molar-refractivity contribution < 1.29 is 20.1 Å². The largest absolute Gasteiger partial charge is 0.550 e. The van der Waals surface area contributed by atoms with Crippen LogP contribution in [0.5, 0.6) is 0 Å². The van der Waals surface area contributed by atoms with E-state index in [4.69, 9.17) is 0 Å². The molecule has 0 aliphatic heterocycles. The molecule has 0 radical (unpaired) electrons. The van der Waals surface area contributed by atoms with E-state index in [1.807, 2.05) is 0 Å². The van der Waals surface area contributed by atoms with Crippen LogP contribution in [0, 0.1) is 46.3 Å². The van der Waals surface area contributed by atoms with E-state index in [-0.39, 0.29) is 35.4 Å². The molecule has 28 heavy (non-hydrogen) atoms. The normalized spacial score (nSPS) is 51.7. The van der Waals surface area contributed by atoms with E-state index >= 15 is 0 Å². The summed E-state index contributed by atoms with van der Waals surface area (Å²) < 4.78 is 0. The van der Waals surface area contributed by atoms with Gasteiger partial charge in [0, 0.05) is 5.97 Å². The minimum Gasteiger partial charge on any atom is -0.550 e. The number of aliphatic hydroxyl groups is 2. The standard InChI is InChI=1S/C24H40O4/c1-14(4-7-22(27)28)17-5-6-18-16-13-21(26)20-12-15(25)8-10-24(20,3)19(16)9-11-23(17,18)2/h14-21,25-26H,4-13H2,1-3H3,(H,27,28)/p-1/t14-,15+,16+,17-,18+,19+,20+,21+,23-,24-/m1/s1. The lowest BCUT2D eigenvalue weighted by Crippen LogP contribution is -2.58. The highest BCUT2D eigenvalue weighted by atomic mass is 16.4. The van der Waals surface area contributed by atoms with E-state index in [1.54, 1.807) is 0 Å². The molecule has 0 aromatic carbocycles. The number of carboxylic acids is 1. The van der Waals surface area contributed by atoms with E-state index in [0.29, 0.717) is 29.6 Å². The molecule has 4 heteroatoms. The Morgan fingerprint density at radius 1 is 1.00 bits per heavy atom. The molecule has 0 unspecified atom stereocenters. The van der Waals surface area contributed by atoms with E-state index in [0.717, 1.165) is 32.1 Å². The molecular weight excluding hydrogens is 352 g/mol. The van der Waals surface area contributed by atoms with E-state index < -0.39 is 5.97 Å². The van der Waals surface area contributed by atoms with Crippen LogP contribution in [0.4, 0.5) is 0 Å². The maximum absolute atomic E-state index is 11.1. The summed E-state index contributed by atoms with van der Waals surface area (Å²) in [5, 5.41) is 32.2. The number of hydrogen-bond acceptors (Lipinski definition) is 4. The third-order valence-corrected chi connectivity index (χ3v) is 10.2. The Morgan fingerprint density at radius 2 is 1.68 bits per heavy atom. The fraction of sp³-hybridized carbons (Fsp3) is 0.958. The van der Waals surface area contributed by atoms with Gasteiger partial charge in [0.25, 0.3) is 0 Å². The first-order valence-corrected chi connectivity index (χ1v) is 11.7. The molecule has 10 atom stereocenters. The zero-order chi connectivity index (χ0) is 20.3. The minimum absolute atomic E-state index is 0.168. The molecule has 0 saturated heterocycles. The van der Waals surface area contributed by atoms with E-state index in [1.165, 1.54) is 25.7 Å². The third-order valence-electron chi connectivity index (χ3n) is 10.2. The maximum atomic E-state index is 11.1. The molecule has 0 bridgehead atoms. The molecule has 0 aromatic rings. The Hall–Kier alpha value is -0.610. The number of rotatable bonds is 4. The van der Waals surface area contributed by atoms with Crippen LogP contribution < -0.4 is 5.11 Å². The maximum Gasteiger partial charge on any atom is 0.0577 e. The first-order valence-electron chi connectivity index (χ1n) is 11.7. The average Bonchev–Trinajstić information content (AvgIpc) is 2.99. The van der Waals surface area contributed by atoms with Crippen LogP contribution in [0.25, 0.3) is 0 Å². The molecular formula is C24H39O4-. The molecule has 160 valence electrons. The van der Waals surface area contributed by atoms with Crippen LogP contribution in [0.1, 0.15) is 85.0 Å². The lowest BCUT2D eigenvalue weighted by Gasteiger charge is -2.62.